The molecule has 1 aromatic heterocycles. The van der Waals surface area contributed by atoms with Gasteiger partial charge in [-0.2, -0.15) is 10.2 Å². The van der Waals surface area contributed by atoms with Gasteiger partial charge in [-0.3, -0.25) is 0 Å². The molecule has 4 rings (SSSR count). The summed E-state index contributed by atoms with van der Waals surface area (Å²) in [5.74, 6) is 0.0468. The Morgan fingerprint density at radius 3 is 2.19 bits per heavy atom. The minimum atomic E-state index is -0.902. The van der Waals surface area contributed by atoms with Crippen molar-refractivity contribution in [2.45, 2.75) is 11.6 Å². The van der Waals surface area contributed by atoms with Gasteiger partial charge in [0.05, 0.1) is 19.1 Å². The Balaban J connectivity index is 1.80. The zero-order valence-corrected chi connectivity index (χ0v) is 11.4. The van der Waals surface area contributed by atoms with E-state index in [0.717, 1.165) is 16.6 Å². The zero-order valence-electron chi connectivity index (χ0n) is 11.4. The normalized spacial score (nSPS) is 24.9. The van der Waals surface area contributed by atoms with Gasteiger partial charge in [-0.25, -0.2) is 0 Å². The number of ether oxygens (including phenoxy) is 1. The maximum atomic E-state index is 9.92. The van der Waals surface area contributed by atoms with Gasteiger partial charge in [0.25, 0.3) is 0 Å². The van der Waals surface area contributed by atoms with Crippen molar-refractivity contribution in [3.8, 4) is 0 Å². The molecular formula is C16H15N3O2. The highest BCUT2D eigenvalue weighted by Crippen LogP contribution is 2.44. The number of rotatable bonds is 3. The maximum Gasteiger partial charge on any atom is 0.211 e. The van der Waals surface area contributed by atoms with Crippen LogP contribution in [-0.2, 0) is 10.5 Å². The molecule has 1 aliphatic rings. The summed E-state index contributed by atoms with van der Waals surface area (Å²) in [6.45, 7) is 0.399. The third-order valence-corrected chi connectivity index (χ3v) is 4.10. The summed E-state index contributed by atoms with van der Waals surface area (Å²) >= 11 is 0. The standard InChI is InChI=1S/C16H15N3O2/c20-11-16(13(10-21-16)12-6-2-1-3-7-12)19-17-14-8-4-5-9-15(14)18-19/h1-9,13,20H,10-11H2/t13-,16+/m1/s1. The van der Waals surface area contributed by atoms with E-state index in [1.54, 1.807) is 0 Å². The average Bonchev–Trinajstić information content (AvgIpc) is 2.92. The van der Waals surface area contributed by atoms with Crippen LogP contribution in [0.3, 0.4) is 0 Å². The molecule has 0 unspecified atom stereocenters. The lowest BCUT2D eigenvalue weighted by molar-refractivity contribution is -0.258. The van der Waals surface area contributed by atoms with Crippen LogP contribution >= 0.6 is 0 Å². The topological polar surface area (TPSA) is 60.2 Å². The second-order valence-corrected chi connectivity index (χ2v) is 5.26. The van der Waals surface area contributed by atoms with Crippen molar-refractivity contribution in [2.24, 2.45) is 0 Å². The second kappa shape index (κ2) is 4.65. The molecule has 1 fully saturated rings. The molecule has 0 bridgehead atoms. The summed E-state index contributed by atoms with van der Waals surface area (Å²) in [6.07, 6.45) is 0. The van der Waals surface area contributed by atoms with Crippen LogP contribution in [0.1, 0.15) is 11.5 Å². The van der Waals surface area contributed by atoms with Gasteiger partial charge in [0, 0.05) is 0 Å². The number of aliphatic hydroxyl groups is 1. The Kier molecular flexibility index (Phi) is 2.77. The van der Waals surface area contributed by atoms with E-state index in [2.05, 4.69) is 10.2 Å². The molecule has 106 valence electrons. The molecule has 0 amide bonds. The summed E-state index contributed by atoms with van der Waals surface area (Å²) in [7, 11) is 0. The lowest BCUT2D eigenvalue weighted by atomic mass is 9.85. The molecule has 5 heteroatoms. The van der Waals surface area contributed by atoms with E-state index >= 15 is 0 Å². The molecule has 2 heterocycles. The van der Waals surface area contributed by atoms with E-state index in [9.17, 15) is 5.11 Å². The van der Waals surface area contributed by atoms with E-state index in [4.69, 9.17) is 4.74 Å². The van der Waals surface area contributed by atoms with E-state index in [0.29, 0.717) is 6.61 Å². The van der Waals surface area contributed by atoms with Gasteiger partial charge in [-0.1, -0.05) is 42.5 Å². The molecule has 0 saturated carbocycles. The number of aliphatic hydroxyl groups excluding tert-OH is 1. The molecule has 3 aromatic rings. The van der Waals surface area contributed by atoms with Gasteiger partial charge in [-0.15, -0.1) is 4.80 Å². The number of hydrogen-bond acceptors (Lipinski definition) is 4. The number of benzene rings is 2. The number of fused-ring (bicyclic) bond motifs is 1. The summed E-state index contributed by atoms with van der Waals surface area (Å²) in [4.78, 5) is 1.53. The number of nitrogens with zero attached hydrogens (tertiary/aromatic N) is 3. The molecule has 0 aliphatic carbocycles. The molecule has 0 spiro atoms. The average molecular weight is 281 g/mol. The van der Waals surface area contributed by atoms with Crippen LogP contribution in [0.5, 0.6) is 0 Å². The predicted molar refractivity (Wildman–Crippen MR) is 77.7 cm³/mol. The monoisotopic (exact) mass is 281 g/mol. The zero-order chi connectivity index (χ0) is 14.3. The van der Waals surface area contributed by atoms with Crippen molar-refractivity contribution in [1.29, 1.82) is 0 Å². The number of hydrogen-bond donors (Lipinski definition) is 1. The molecule has 2 atom stereocenters. The first kappa shape index (κ1) is 12.5. The Bertz CT molecular complexity index is 734. The molecule has 1 N–H and O–H groups in total. The Morgan fingerprint density at radius 1 is 1.05 bits per heavy atom. The second-order valence-electron chi connectivity index (χ2n) is 5.26. The van der Waals surface area contributed by atoms with E-state index in [-0.39, 0.29) is 12.5 Å². The molecule has 1 aliphatic heterocycles. The fraction of sp³-hybridized carbons (Fsp3) is 0.250. The minimum Gasteiger partial charge on any atom is -0.391 e. The van der Waals surface area contributed by atoms with Crippen molar-refractivity contribution in [3.05, 3.63) is 60.2 Å². The van der Waals surface area contributed by atoms with Crippen LogP contribution in [0.4, 0.5) is 0 Å². The fourth-order valence-corrected chi connectivity index (χ4v) is 2.85. The Hall–Kier alpha value is -2.24. The van der Waals surface area contributed by atoms with E-state index < -0.39 is 5.72 Å². The summed E-state index contributed by atoms with van der Waals surface area (Å²) < 4.78 is 5.74. The van der Waals surface area contributed by atoms with E-state index in [1.165, 1.54) is 4.80 Å². The highest BCUT2D eigenvalue weighted by Gasteiger charge is 2.52. The minimum absolute atomic E-state index is 0.0468. The van der Waals surface area contributed by atoms with Gasteiger partial charge in [0.15, 0.2) is 0 Å². The van der Waals surface area contributed by atoms with Crippen LogP contribution in [0.2, 0.25) is 0 Å². The third kappa shape index (κ3) is 1.78. The van der Waals surface area contributed by atoms with Crippen LogP contribution in [-0.4, -0.2) is 33.3 Å². The summed E-state index contributed by atoms with van der Waals surface area (Å²) in [6, 6.07) is 17.7. The van der Waals surface area contributed by atoms with Gasteiger partial charge in [0.2, 0.25) is 5.72 Å². The molecule has 1 saturated heterocycles. The van der Waals surface area contributed by atoms with Crippen LogP contribution < -0.4 is 0 Å². The lowest BCUT2D eigenvalue weighted by Gasteiger charge is -2.46. The van der Waals surface area contributed by atoms with Crippen LogP contribution in [0.15, 0.2) is 54.6 Å². The number of aromatic nitrogens is 3. The molecule has 2 aromatic carbocycles. The van der Waals surface area contributed by atoms with Crippen LogP contribution in [0.25, 0.3) is 11.0 Å². The van der Waals surface area contributed by atoms with Crippen molar-refractivity contribution in [1.82, 2.24) is 15.0 Å². The highest BCUT2D eigenvalue weighted by atomic mass is 16.6. The molecule has 5 nitrogen and oxygen atoms in total. The van der Waals surface area contributed by atoms with Crippen LogP contribution in [0, 0.1) is 0 Å². The maximum absolute atomic E-state index is 9.92. The molecule has 0 radical (unpaired) electrons. The summed E-state index contributed by atoms with van der Waals surface area (Å²) in [5, 5.41) is 18.9. The largest absolute Gasteiger partial charge is 0.391 e. The SMILES string of the molecule is OC[C@]1(n2nc3ccccc3n2)OC[C@@H]1c1ccccc1. The van der Waals surface area contributed by atoms with Crippen molar-refractivity contribution < 1.29 is 9.84 Å². The van der Waals surface area contributed by atoms with Crippen molar-refractivity contribution >= 4 is 11.0 Å². The first-order valence-electron chi connectivity index (χ1n) is 6.96. The first-order valence-corrected chi connectivity index (χ1v) is 6.96. The Labute approximate surface area is 121 Å². The van der Waals surface area contributed by atoms with Crippen molar-refractivity contribution in [3.63, 3.8) is 0 Å². The first-order chi connectivity index (χ1) is 10.3. The lowest BCUT2D eigenvalue weighted by Crippen LogP contribution is -2.57. The van der Waals surface area contributed by atoms with Crippen molar-refractivity contribution in [2.75, 3.05) is 13.2 Å². The predicted octanol–water partition coefficient (Wildman–Crippen LogP) is 1.89. The smallest absolute Gasteiger partial charge is 0.211 e. The van der Waals surface area contributed by atoms with Gasteiger partial charge < -0.3 is 9.84 Å². The molecular weight excluding hydrogens is 266 g/mol. The van der Waals surface area contributed by atoms with Gasteiger partial charge >= 0.3 is 0 Å². The molecule has 21 heavy (non-hydrogen) atoms. The highest BCUT2D eigenvalue weighted by molar-refractivity contribution is 5.73. The quantitative estimate of drug-likeness (QED) is 0.796. The summed E-state index contributed by atoms with van der Waals surface area (Å²) in [5.41, 5.74) is 1.82. The van der Waals surface area contributed by atoms with E-state index in [1.807, 2.05) is 54.6 Å². The van der Waals surface area contributed by atoms with Gasteiger partial charge in [-0.05, 0) is 17.7 Å². The Morgan fingerprint density at radius 2 is 1.67 bits per heavy atom. The fourth-order valence-electron chi connectivity index (χ4n) is 2.85. The van der Waals surface area contributed by atoms with Gasteiger partial charge in [0.1, 0.15) is 11.0 Å². The third-order valence-electron chi connectivity index (χ3n) is 4.10.